The SMILES string of the molecule is BC1(Nc2ncc3cc(C(B)(F)F)c(=O)n([C@@H]4CCC[C@@]4(C)O)c3n2)CCC(S(C)(=O)=O)CC1. The minimum absolute atomic E-state index is 0.191. The minimum atomic E-state index is -3.36. The fourth-order valence-corrected chi connectivity index (χ4v) is 6.47. The molecule has 8 nitrogen and oxygen atoms in total. The van der Waals surface area contributed by atoms with Crippen molar-refractivity contribution < 1.29 is 22.3 Å². The third-order valence-electron chi connectivity index (χ3n) is 7.49. The molecule has 2 aliphatic carbocycles. The van der Waals surface area contributed by atoms with Crippen molar-refractivity contribution in [2.45, 2.75) is 80.0 Å². The first-order valence-corrected chi connectivity index (χ1v) is 13.6. The number of pyridine rings is 1. The molecular weight excluding hydrogens is 464 g/mol. The average Bonchev–Trinajstić information content (AvgIpc) is 3.04. The van der Waals surface area contributed by atoms with Gasteiger partial charge in [-0.05, 0) is 57.9 Å². The van der Waals surface area contributed by atoms with E-state index in [1.54, 1.807) is 6.92 Å². The van der Waals surface area contributed by atoms with Crippen molar-refractivity contribution in [3.63, 3.8) is 0 Å². The van der Waals surface area contributed by atoms with Gasteiger partial charge in [-0.3, -0.25) is 9.36 Å². The number of nitrogens with zero attached hydrogens (tertiary/aromatic N) is 3. The predicted molar refractivity (Wildman–Crippen MR) is 132 cm³/mol. The number of nitrogens with one attached hydrogen (secondary N) is 1. The molecule has 4 rings (SSSR count). The highest BCUT2D eigenvalue weighted by Crippen LogP contribution is 2.40. The van der Waals surface area contributed by atoms with Crippen LogP contribution >= 0.6 is 0 Å². The highest BCUT2D eigenvalue weighted by Gasteiger charge is 2.41. The Labute approximate surface area is 199 Å². The number of sulfone groups is 1. The topological polar surface area (TPSA) is 114 Å². The average molecular weight is 494 g/mol. The smallest absolute Gasteiger partial charge is 0.260 e. The van der Waals surface area contributed by atoms with Crippen molar-refractivity contribution in [2.75, 3.05) is 11.6 Å². The Morgan fingerprint density at radius 2 is 1.91 bits per heavy atom. The molecule has 34 heavy (non-hydrogen) atoms. The number of hydrogen-bond acceptors (Lipinski definition) is 7. The normalized spacial score (nSPS) is 30.5. The maximum atomic E-state index is 14.3. The number of anilines is 1. The van der Waals surface area contributed by atoms with E-state index in [2.05, 4.69) is 15.3 Å². The third-order valence-corrected chi connectivity index (χ3v) is 9.17. The molecule has 0 radical (unpaired) electrons. The second-order valence-corrected chi connectivity index (χ2v) is 12.9. The van der Waals surface area contributed by atoms with Crippen molar-refractivity contribution in [1.82, 2.24) is 14.5 Å². The van der Waals surface area contributed by atoms with Gasteiger partial charge in [-0.25, -0.2) is 22.2 Å². The summed E-state index contributed by atoms with van der Waals surface area (Å²) < 4.78 is 53.6. The van der Waals surface area contributed by atoms with Crippen molar-refractivity contribution >= 4 is 42.5 Å². The van der Waals surface area contributed by atoms with Crippen LogP contribution in [0.5, 0.6) is 0 Å². The molecule has 2 aliphatic rings. The molecule has 0 bridgehead atoms. The summed E-state index contributed by atoms with van der Waals surface area (Å²) in [6, 6.07) is 0.439. The lowest BCUT2D eigenvalue weighted by molar-refractivity contribution is 0.0256. The molecule has 2 N–H and O–H groups in total. The van der Waals surface area contributed by atoms with Crippen LogP contribution in [0.2, 0.25) is 0 Å². The summed E-state index contributed by atoms with van der Waals surface area (Å²) in [5.74, 6) is -3.13. The molecule has 2 heterocycles. The van der Waals surface area contributed by atoms with E-state index < -0.39 is 43.9 Å². The first kappa shape index (κ1) is 25.1. The quantitative estimate of drug-likeness (QED) is 0.588. The van der Waals surface area contributed by atoms with Gasteiger partial charge in [-0.1, -0.05) is 0 Å². The minimum Gasteiger partial charge on any atom is -0.388 e. The molecule has 2 fully saturated rings. The molecule has 0 saturated heterocycles. The molecule has 0 aliphatic heterocycles. The number of fused-ring (bicyclic) bond motifs is 1. The lowest BCUT2D eigenvalue weighted by Crippen LogP contribution is -2.45. The van der Waals surface area contributed by atoms with Gasteiger partial charge in [0.15, 0.2) is 7.85 Å². The zero-order valence-corrected chi connectivity index (χ0v) is 20.8. The van der Waals surface area contributed by atoms with Crippen LogP contribution in [0.4, 0.5) is 14.7 Å². The van der Waals surface area contributed by atoms with Crippen LogP contribution in [0.1, 0.15) is 63.5 Å². The fraction of sp³-hybridized carbons (Fsp3) is 0.667. The highest BCUT2D eigenvalue weighted by molar-refractivity contribution is 7.91. The number of aromatic nitrogens is 3. The van der Waals surface area contributed by atoms with E-state index in [0.717, 1.165) is 6.07 Å². The number of alkyl halides is 2. The largest absolute Gasteiger partial charge is 0.388 e. The molecule has 2 aromatic rings. The lowest BCUT2D eigenvalue weighted by Gasteiger charge is -2.37. The van der Waals surface area contributed by atoms with Crippen LogP contribution in [0.15, 0.2) is 17.1 Å². The van der Waals surface area contributed by atoms with Crippen LogP contribution in [0.3, 0.4) is 0 Å². The molecule has 0 amide bonds. The maximum absolute atomic E-state index is 14.3. The maximum Gasteiger partial charge on any atom is 0.260 e. The van der Waals surface area contributed by atoms with Gasteiger partial charge in [0.2, 0.25) is 11.8 Å². The third kappa shape index (κ3) is 4.73. The van der Waals surface area contributed by atoms with Crippen LogP contribution < -0.4 is 10.9 Å². The van der Waals surface area contributed by atoms with Crippen molar-refractivity contribution in [1.29, 1.82) is 0 Å². The predicted octanol–water partition coefficient (Wildman–Crippen LogP) is 0.678. The van der Waals surface area contributed by atoms with Gasteiger partial charge in [0.1, 0.15) is 23.3 Å². The first-order chi connectivity index (χ1) is 15.6. The molecular formula is C21H30B2F2N4O4S. The van der Waals surface area contributed by atoms with E-state index in [0.29, 0.717) is 52.8 Å². The van der Waals surface area contributed by atoms with Gasteiger partial charge in [-0.2, -0.15) is 4.98 Å². The second kappa shape index (κ2) is 8.29. The van der Waals surface area contributed by atoms with Crippen LogP contribution in [-0.4, -0.2) is 66.3 Å². The number of rotatable bonds is 5. The van der Waals surface area contributed by atoms with Crippen LogP contribution in [0.25, 0.3) is 11.0 Å². The molecule has 2 atom stereocenters. The summed E-state index contributed by atoms with van der Waals surface area (Å²) in [6.45, 7) is 1.61. The molecule has 2 aromatic heterocycles. The number of hydrogen-bond donors (Lipinski definition) is 2. The standard InChI is InChI=1S/C21H30B2F2N4O4S/c1-19(31)7-3-4-15(19)29-16-12(10-14(17(29)30)21(23,24)25)11-26-18(27-16)28-20(22)8-5-13(6-9-20)34(2,32)33/h10-11,13,15,31H,3-9,22-23H2,1-2H3,(H,26,27,28)/t13?,15-,19-,20?/m1/s1. The van der Waals surface area contributed by atoms with Gasteiger partial charge in [0.05, 0.1) is 22.5 Å². The van der Waals surface area contributed by atoms with Gasteiger partial charge >= 0.3 is 0 Å². The molecule has 2 saturated carbocycles. The molecule has 13 heteroatoms. The summed E-state index contributed by atoms with van der Waals surface area (Å²) in [6.07, 6.45) is 6.46. The van der Waals surface area contributed by atoms with E-state index in [4.69, 9.17) is 0 Å². The summed E-state index contributed by atoms with van der Waals surface area (Å²) in [7, 11) is -0.462. The molecule has 0 spiro atoms. The summed E-state index contributed by atoms with van der Waals surface area (Å²) in [4.78, 5) is 22.1. The van der Waals surface area contributed by atoms with E-state index in [9.17, 15) is 27.1 Å². The monoisotopic (exact) mass is 494 g/mol. The summed E-state index contributed by atoms with van der Waals surface area (Å²) >= 11 is 0. The first-order valence-electron chi connectivity index (χ1n) is 11.6. The molecule has 0 aromatic carbocycles. The zero-order valence-electron chi connectivity index (χ0n) is 19.9. The van der Waals surface area contributed by atoms with Crippen LogP contribution in [-0.2, 0) is 15.7 Å². The van der Waals surface area contributed by atoms with Crippen molar-refractivity contribution in [2.24, 2.45) is 0 Å². The Kier molecular flexibility index (Phi) is 6.12. The Balaban J connectivity index is 1.76. The summed E-state index contributed by atoms with van der Waals surface area (Å²) in [5.41, 5.74) is -3.01. The Bertz CT molecular complexity index is 1270. The number of halogens is 2. The zero-order chi connectivity index (χ0) is 25.1. The fourth-order valence-electron chi connectivity index (χ4n) is 5.37. The van der Waals surface area contributed by atoms with Gasteiger partial charge in [0, 0.05) is 23.3 Å². The Hall–Kier alpha value is -2.01. The van der Waals surface area contributed by atoms with Crippen LogP contribution in [0, 0.1) is 0 Å². The van der Waals surface area contributed by atoms with E-state index >= 15 is 0 Å². The summed E-state index contributed by atoms with van der Waals surface area (Å²) in [5, 5.41) is 14.1. The molecule has 0 unspecified atom stereocenters. The Morgan fingerprint density at radius 1 is 1.26 bits per heavy atom. The number of aliphatic hydroxyl groups is 1. The van der Waals surface area contributed by atoms with Crippen molar-refractivity contribution in [3.8, 4) is 0 Å². The van der Waals surface area contributed by atoms with Gasteiger partial charge in [-0.15, -0.1) is 0 Å². The Morgan fingerprint density at radius 3 is 2.44 bits per heavy atom. The highest BCUT2D eigenvalue weighted by atomic mass is 32.2. The lowest BCUT2D eigenvalue weighted by atomic mass is 9.67. The van der Waals surface area contributed by atoms with Crippen molar-refractivity contribution in [3.05, 3.63) is 28.2 Å². The molecule has 184 valence electrons. The van der Waals surface area contributed by atoms with E-state index in [1.165, 1.54) is 17.0 Å². The second-order valence-electron chi connectivity index (χ2n) is 10.6. The van der Waals surface area contributed by atoms with Gasteiger partial charge < -0.3 is 10.4 Å². The van der Waals surface area contributed by atoms with Gasteiger partial charge in [0.25, 0.3) is 5.56 Å². The van der Waals surface area contributed by atoms with E-state index in [1.807, 2.05) is 7.85 Å². The van der Waals surface area contributed by atoms with E-state index in [-0.39, 0.29) is 22.2 Å².